The molecule has 3 N–H and O–H groups in total. The quantitative estimate of drug-likeness (QED) is 0.132. The van der Waals surface area contributed by atoms with E-state index in [9.17, 15) is 29.1 Å². The summed E-state index contributed by atoms with van der Waals surface area (Å²) in [6.45, 7) is 27.1. The standard InChI is InChI=1S/C55H78N4O7/c1-32(2)44-40(61)26-55(35(29-60)27-56-30-49(4,5)58-46(62)34-13-15-36(16-14-34)59-28-33(3)57-31-59)24-23-53(11)37(45(44)55)17-18-42-52(10)21-20-43(51(8,9)41(52)19-22-54(42,53)12)66-48(65)39-25-38(47(63)64)50(39,6)7/h13-16,28-29,31-32,35,37-39,41-43,56H,17-27,30H2,1-12H3,(H,58,62)(H,63,64)/t35?,37-,38+,39-,41+,42-,43+,52+,53-,54-,55+/m1/s1. The molecule has 0 aliphatic heterocycles. The summed E-state index contributed by atoms with van der Waals surface area (Å²) >= 11 is 0. The first kappa shape index (κ1) is 48.3. The third-order valence-corrected chi connectivity index (χ3v) is 19.9. The number of hydrogen-bond donors (Lipinski definition) is 3. The van der Waals surface area contributed by atoms with Gasteiger partial charge in [-0.3, -0.25) is 19.2 Å². The first-order chi connectivity index (χ1) is 30.8. The van der Waals surface area contributed by atoms with Crippen LogP contribution < -0.4 is 10.6 Å². The first-order valence-corrected chi connectivity index (χ1v) is 25.1. The van der Waals surface area contributed by atoms with E-state index in [-0.39, 0.29) is 63.2 Å². The Labute approximate surface area is 393 Å². The van der Waals surface area contributed by atoms with Crippen molar-refractivity contribution in [1.82, 2.24) is 20.2 Å². The molecule has 6 aliphatic rings. The minimum Gasteiger partial charge on any atom is -0.481 e. The SMILES string of the molecule is Cc1cn(-c2ccc(C(=O)NC(C)(C)CNCC(C=O)[C@@]34CC[C@]5(C)[C@H](CC[C@@H]6[C@@]7(C)CC[C@H](OC(=O)[C@H]8C[C@@H](C(=O)O)C8(C)C)C(C)(C)[C@@H]7CC[C@]65C)C3=C(C(C)C)C(=O)C4)cc2)cn1. The summed E-state index contributed by atoms with van der Waals surface area (Å²) < 4.78 is 8.37. The minimum absolute atomic E-state index is 0.00540. The van der Waals surface area contributed by atoms with Crippen LogP contribution in [-0.2, 0) is 23.9 Å². The molecule has 66 heavy (non-hydrogen) atoms. The highest BCUT2D eigenvalue weighted by molar-refractivity contribution is 6.01. The van der Waals surface area contributed by atoms with Crippen LogP contribution in [0, 0.1) is 80.8 Å². The van der Waals surface area contributed by atoms with Crippen LogP contribution in [0.3, 0.4) is 0 Å². The zero-order chi connectivity index (χ0) is 48.2. The summed E-state index contributed by atoms with van der Waals surface area (Å²) in [5, 5.41) is 16.5. The Kier molecular flexibility index (Phi) is 12.1. The van der Waals surface area contributed by atoms with Gasteiger partial charge in [0.25, 0.3) is 5.91 Å². The van der Waals surface area contributed by atoms with Crippen LogP contribution >= 0.6 is 0 Å². The maximum absolute atomic E-state index is 14.4. The molecule has 11 nitrogen and oxygen atoms in total. The number of Topliss-reactive ketones (excluding diaryl/α,β-unsaturated/α-hetero) is 1. The summed E-state index contributed by atoms with van der Waals surface area (Å²) in [6.07, 6.45) is 13.0. The third kappa shape index (κ3) is 7.45. The molecule has 1 heterocycles. The van der Waals surface area contributed by atoms with E-state index >= 15 is 0 Å². The number of fused-ring (bicyclic) bond motifs is 7. The van der Waals surface area contributed by atoms with Gasteiger partial charge in [0.05, 0.1) is 23.9 Å². The highest BCUT2D eigenvalue weighted by Crippen LogP contribution is 2.77. The molecule has 0 saturated heterocycles. The zero-order valence-electron chi connectivity index (χ0n) is 41.9. The Hall–Kier alpha value is -4.12. The van der Waals surface area contributed by atoms with E-state index in [1.165, 1.54) is 5.57 Å². The lowest BCUT2D eigenvalue weighted by molar-refractivity contribution is -0.237. The van der Waals surface area contributed by atoms with Crippen molar-refractivity contribution in [3.8, 4) is 5.69 Å². The molecule has 0 bridgehead atoms. The van der Waals surface area contributed by atoms with E-state index < -0.39 is 34.2 Å². The number of aliphatic carboxylic acids is 1. The molecule has 1 amide bonds. The summed E-state index contributed by atoms with van der Waals surface area (Å²) in [6, 6.07) is 7.46. The number of ketones is 1. The number of ether oxygens (including phenoxy) is 1. The van der Waals surface area contributed by atoms with Gasteiger partial charge in [-0.1, -0.05) is 67.9 Å². The van der Waals surface area contributed by atoms with Crippen molar-refractivity contribution in [2.24, 2.45) is 73.9 Å². The number of carbonyl (C=O) groups is 5. The number of carboxylic acid groups (broad SMARTS) is 1. The Balaban J connectivity index is 0.977. The molecule has 5 fully saturated rings. The van der Waals surface area contributed by atoms with Gasteiger partial charge in [0, 0.05) is 59.2 Å². The van der Waals surface area contributed by atoms with Gasteiger partial charge in [-0.2, -0.15) is 0 Å². The molecule has 11 heteroatoms. The van der Waals surface area contributed by atoms with E-state index in [0.717, 1.165) is 74.6 Å². The average molecular weight is 907 g/mol. The maximum atomic E-state index is 14.4. The van der Waals surface area contributed by atoms with Crippen LogP contribution in [0.5, 0.6) is 0 Å². The van der Waals surface area contributed by atoms with E-state index in [4.69, 9.17) is 4.74 Å². The number of aryl methyl sites for hydroxylation is 1. The van der Waals surface area contributed by atoms with Gasteiger partial charge >= 0.3 is 11.9 Å². The normalized spacial score (nSPS) is 36.0. The Morgan fingerprint density at radius 2 is 1.61 bits per heavy atom. The highest BCUT2D eigenvalue weighted by Gasteiger charge is 2.71. The van der Waals surface area contributed by atoms with Crippen molar-refractivity contribution >= 4 is 29.9 Å². The van der Waals surface area contributed by atoms with Crippen LogP contribution in [0.25, 0.3) is 5.69 Å². The monoisotopic (exact) mass is 907 g/mol. The van der Waals surface area contributed by atoms with Gasteiger partial charge in [0.2, 0.25) is 0 Å². The van der Waals surface area contributed by atoms with Crippen LogP contribution in [0.15, 0.2) is 47.9 Å². The molecule has 8 rings (SSSR count). The number of nitrogens with zero attached hydrogens (tertiary/aromatic N) is 2. The fourth-order valence-electron chi connectivity index (χ4n) is 16.0. The topological polar surface area (TPSA) is 157 Å². The van der Waals surface area contributed by atoms with Gasteiger partial charge in [-0.05, 0) is 154 Å². The second-order valence-corrected chi connectivity index (χ2v) is 24.8. The van der Waals surface area contributed by atoms with Crippen molar-refractivity contribution in [2.45, 2.75) is 159 Å². The van der Waals surface area contributed by atoms with Crippen LogP contribution in [-0.4, -0.2) is 69.3 Å². The van der Waals surface area contributed by atoms with E-state index in [1.807, 2.05) is 69.6 Å². The van der Waals surface area contributed by atoms with Gasteiger partial charge < -0.3 is 29.8 Å². The highest BCUT2D eigenvalue weighted by atomic mass is 16.5. The molecule has 5 saturated carbocycles. The van der Waals surface area contributed by atoms with Gasteiger partial charge in [-0.25, -0.2) is 4.98 Å². The van der Waals surface area contributed by atoms with Crippen molar-refractivity contribution < 1.29 is 33.8 Å². The molecule has 11 atom stereocenters. The Morgan fingerprint density at radius 1 is 0.909 bits per heavy atom. The maximum Gasteiger partial charge on any atom is 0.309 e. The number of imidazole rings is 1. The van der Waals surface area contributed by atoms with E-state index in [2.05, 4.69) is 64.1 Å². The molecule has 0 spiro atoms. The molecule has 1 aromatic carbocycles. The molecular weight excluding hydrogens is 829 g/mol. The lowest BCUT2D eigenvalue weighted by atomic mass is 9.32. The lowest BCUT2D eigenvalue weighted by Crippen LogP contribution is -2.66. The molecule has 2 aromatic rings. The number of benzene rings is 1. The molecule has 1 unspecified atom stereocenters. The number of carbonyl (C=O) groups excluding carboxylic acids is 4. The van der Waals surface area contributed by atoms with Gasteiger partial charge in [0.1, 0.15) is 12.4 Å². The number of hydrogen-bond acceptors (Lipinski definition) is 8. The summed E-state index contributed by atoms with van der Waals surface area (Å²) in [4.78, 5) is 71.2. The zero-order valence-corrected chi connectivity index (χ0v) is 41.9. The predicted molar refractivity (Wildman–Crippen MR) is 255 cm³/mol. The largest absolute Gasteiger partial charge is 0.481 e. The Bertz CT molecular complexity index is 2310. The number of carboxylic acids is 1. The van der Waals surface area contributed by atoms with Crippen LogP contribution in [0.2, 0.25) is 0 Å². The molecule has 1 aromatic heterocycles. The molecule has 360 valence electrons. The van der Waals surface area contributed by atoms with Crippen LogP contribution in [0.1, 0.15) is 156 Å². The fourth-order valence-corrected chi connectivity index (χ4v) is 16.0. The Morgan fingerprint density at radius 3 is 2.21 bits per heavy atom. The second kappa shape index (κ2) is 16.5. The number of aromatic nitrogens is 2. The smallest absolute Gasteiger partial charge is 0.309 e. The summed E-state index contributed by atoms with van der Waals surface area (Å²) in [7, 11) is 0. The third-order valence-electron chi connectivity index (χ3n) is 19.9. The molecule has 6 aliphatic carbocycles. The first-order valence-electron chi connectivity index (χ1n) is 25.1. The number of amides is 1. The van der Waals surface area contributed by atoms with Crippen molar-refractivity contribution in [3.63, 3.8) is 0 Å². The lowest BCUT2D eigenvalue weighted by Gasteiger charge is -2.72. The molecular formula is C55H78N4O7. The molecule has 0 radical (unpaired) electrons. The van der Waals surface area contributed by atoms with Gasteiger partial charge in [-0.15, -0.1) is 0 Å². The number of allylic oxidation sites excluding steroid dienone is 2. The summed E-state index contributed by atoms with van der Waals surface area (Å²) in [5.74, 6) is -1.29. The number of esters is 1. The number of rotatable bonds is 13. The van der Waals surface area contributed by atoms with Crippen LogP contribution in [0.4, 0.5) is 0 Å². The summed E-state index contributed by atoms with van der Waals surface area (Å²) in [5.41, 5.74) is 2.61. The fraction of sp³-hybridized carbons (Fsp3) is 0.709. The van der Waals surface area contributed by atoms with E-state index in [1.54, 1.807) is 6.33 Å². The number of nitrogens with one attached hydrogen (secondary N) is 2. The second-order valence-electron chi connectivity index (χ2n) is 24.8. The van der Waals surface area contributed by atoms with Crippen molar-refractivity contribution in [3.05, 3.63) is 59.2 Å². The van der Waals surface area contributed by atoms with Crippen molar-refractivity contribution in [2.75, 3.05) is 13.1 Å². The van der Waals surface area contributed by atoms with Gasteiger partial charge in [0.15, 0.2) is 5.78 Å². The average Bonchev–Trinajstić information content (AvgIpc) is 3.80. The predicted octanol–water partition coefficient (Wildman–Crippen LogP) is 9.73. The number of aldehydes is 1. The minimum atomic E-state index is -0.841. The van der Waals surface area contributed by atoms with E-state index in [0.29, 0.717) is 43.3 Å². The van der Waals surface area contributed by atoms with Crippen molar-refractivity contribution in [1.29, 1.82) is 0 Å².